The van der Waals surface area contributed by atoms with Crippen LogP contribution in [0.15, 0.2) is 12.3 Å². The number of nitrogens with zero attached hydrogens (tertiary/aromatic N) is 1. The molecule has 23 heavy (non-hydrogen) atoms. The number of rotatable bonds is 6. The standard InChI is InChI=1S/C15H18F4N2O2/c16-12(17)8-23-14-11(10(13(20)22)3-6-21-14)7-9-1-4-15(18,19)5-2-9/h3,6,9,12H,1-2,4-5,7-8H2,(H2,20,22). The molecule has 0 saturated heterocycles. The summed E-state index contributed by atoms with van der Waals surface area (Å²) in [5, 5.41) is 0. The second-order valence-corrected chi connectivity index (χ2v) is 5.71. The van der Waals surface area contributed by atoms with Crippen molar-refractivity contribution in [3.05, 3.63) is 23.4 Å². The Morgan fingerprint density at radius 3 is 2.61 bits per heavy atom. The van der Waals surface area contributed by atoms with Gasteiger partial charge in [-0.3, -0.25) is 4.79 Å². The van der Waals surface area contributed by atoms with E-state index < -0.39 is 24.9 Å². The van der Waals surface area contributed by atoms with Gasteiger partial charge in [-0.1, -0.05) is 0 Å². The van der Waals surface area contributed by atoms with E-state index in [1.165, 1.54) is 12.3 Å². The maximum atomic E-state index is 13.2. The Morgan fingerprint density at radius 1 is 1.39 bits per heavy atom. The van der Waals surface area contributed by atoms with Gasteiger partial charge in [0.1, 0.15) is 0 Å². The highest BCUT2D eigenvalue weighted by Gasteiger charge is 2.35. The van der Waals surface area contributed by atoms with Crippen molar-refractivity contribution in [2.24, 2.45) is 11.7 Å². The average Bonchev–Trinajstić information content (AvgIpc) is 2.47. The number of carbonyl (C=O) groups is 1. The first-order chi connectivity index (χ1) is 10.8. The number of aromatic nitrogens is 1. The van der Waals surface area contributed by atoms with Crippen LogP contribution in [-0.4, -0.2) is 29.8 Å². The molecular formula is C15H18F4N2O2. The highest BCUT2D eigenvalue weighted by molar-refractivity contribution is 5.94. The van der Waals surface area contributed by atoms with Crippen LogP contribution in [0.3, 0.4) is 0 Å². The average molecular weight is 334 g/mol. The second kappa shape index (κ2) is 7.14. The largest absolute Gasteiger partial charge is 0.471 e. The molecule has 128 valence electrons. The SMILES string of the molecule is NC(=O)c1ccnc(OCC(F)F)c1CC1CCC(F)(F)CC1. The van der Waals surface area contributed by atoms with Gasteiger partial charge < -0.3 is 10.5 Å². The molecule has 1 aromatic rings. The third kappa shape index (κ3) is 4.80. The van der Waals surface area contributed by atoms with Crippen molar-refractivity contribution in [3.8, 4) is 5.88 Å². The lowest BCUT2D eigenvalue weighted by atomic mass is 9.82. The quantitative estimate of drug-likeness (QED) is 0.813. The van der Waals surface area contributed by atoms with Crippen molar-refractivity contribution < 1.29 is 27.1 Å². The maximum absolute atomic E-state index is 13.2. The van der Waals surface area contributed by atoms with E-state index >= 15 is 0 Å². The number of hydrogen-bond donors (Lipinski definition) is 1. The number of alkyl halides is 4. The van der Waals surface area contributed by atoms with Crippen LogP contribution in [0.25, 0.3) is 0 Å². The summed E-state index contributed by atoms with van der Waals surface area (Å²) in [7, 11) is 0. The molecule has 1 fully saturated rings. The molecule has 1 saturated carbocycles. The summed E-state index contributed by atoms with van der Waals surface area (Å²) in [5.41, 5.74) is 5.74. The van der Waals surface area contributed by atoms with Gasteiger partial charge >= 0.3 is 0 Å². The van der Waals surface area contributed by atoms with Gasteiger partial charge in [0.15, 0.2) is 6.61 Å². The zero-order valence-corrected chi connectivity index (χ0v) is 12.4. The van der Waals surface area contributed by atoms with E-state index in [9.17, 15) is 22.4 Å². The summed E-state index contributed by atoms with van der Waals surface area (Å²) < 4.78 is 56.0. The molecule has 0 spiro atoms. The van der Waals surface area contributed by atoms with Gasteiger partial charge in [-0.25, -0.2) is 22.5 Å². The monoisotopic (exact) mass is 334 g/mol. The number of carbonyl (C=O) groups excluding carboxylic acids is 1. The molecule has 0 radical (unpaired) electrons. The zero-order chi connectivity index (χ0) is 17.0. The van der Waals surface area contributed by atoms with Crippen LogP contribution in [0.2, 0.25) is 0 Å². The highest BCUT2D eigenvalue weighted by atomic mass is 19.3. The van der Waals surface area contributed by atoms with E-state index in [0.717, 1.165) is 0 Å². The topological polar surface area (TPSA) is 65.2 Å². The van der Waals surface area contributed by atoms with E-state index in [2.05, 4.69) is 4.98 Å². The lowest BCUT2D eigenvalue weighted by Crippen LogP contribution is -2.26. The third-order valence-corrected chi connectivity index (χ3v) is 3.96. The maximum Gasteiger partial charge on any atom is 0.272 e. The minimum Gasteiger partial charge on any atom is -0.471 e. The van der Waals surface area contributed by atoms with E-state index in [1.54, 1.807) is 0 Å². The first kappa shape index (κ1) is 17.5. The number of primary amides is 1. The normalized spacial score (nSPS) is 18.1. The smallest absolute Gasteiger partial charge is 0.272 e. The fourth-order valence-electron chi connectivity index (χ4n) is 2.76. The van der Waals surface area contributed by atoms with Gasteiger partial charge in [-0.05, 0) is 31.2 Å². The van der Waals surface area contributed by atoms with Crippen LogP contribution in [0.4, 0.5) is 17.6 Å². The van der Waals surface area contributed by atoms with Crippen molar-refractivity contribution >= 4 is 5.91 Å². The fourth-order valence-corrected chi connectivity index (χ4v) is 2.76. The van der Waals surface area contributed by atoms with Crippen molar-refractivity contribution in [3.63, 3.8) is 0 Å². The summed E-state index contributed by atoms with van der Waals surface area (Å²) in [6, 6.07) is 1.38. The predicted octanol–water partition coefficient (Wildman–Crippen LogP) is 3.19. The highest BCUT2D eigenvalue weighted by Crippen LogP contribution is 2.38. The first-order valence-corrected chi connectivity index (χ1v) is 7.35. The van der Waals surface area contributed by atoms with Crippen LogP contribution in [0, 0.1) is 5.92 Å². The Kier molecular flexibility index (Phi) is 5.43. The Labute approximate surface area is 131 Å². The van der Waals surface area contributed by atoms with Crippen molar-refractivity contribution in [2.75, 3.05) is 6.61 Å². The molecule has 4 nitrogen and oxygen atoms in total. The lowest BCUT2D eigenvalue weighted by Gasteiger charge is -2.28. The molecule has 2 N–H and O–H groups in total. The number of ether oxygens (including phenoxy) is 1. The molecule has 0 bridgehead atoms. The van der Waals surface area contributed by atoms with Crippen molar-refractivity contribution in [1.29, 1.82) is 0 Å². The molecule has 1 aliphatic carbocycles. The molecule has 2 rings (SSSR count). The number of pyridine rings is 1. The molecular weight excluding hydrogens is 316 g/mol. The molecule has 8 heteroatoms. The zero-order valence-electron chi connectivity index (χ0n) is 12.4. The molecule has 1 aromatic heterocycles. The van der Waals surface area contributed by atoms with Gasteiger partial charge in [-0.2, -0.15) is 0 Å². The Bertz CT molecular complexity index is 556. The predicted molar refractivity (Wildman–Crippen MR) is 74.9 cm³/mol. The second-order valence-electron chi connectivity index (χ2n) is 5.71. The van der Waals surface area contributed by atoms with Crippen LogP contribution >= 0.6 is 0 Å². The van der Waals surface area contributed by atoms with Crippen LogP contribution in [0.5, 0.6) is 5.88 Å². The Morgan fingerprint density at radius 2 is 2.04 bits per heavy atom. The van der Waals surface area contributed by atoms with E-state index in [1.807, 2.05) is 0 Å². The molecule has 0 atom stereocenters. The fraction of sp³-hybridized carbons (Fsp3) is 0.600. The van der Waals surface area contributed by atoms with Crippen molar-refractivity contribution in [2.45, 2.75) is 44.5 Å². The molecule has 0 unspecified atom stereocenters. The minimum absolute atomic E-state index is 0.0843. The van der Waals surface area contributed by atoms with Gasteiger partial charge in [0.2, 0.25) is 17.7 Å². The lowest BCUT2D eigenvalue weighted by molar-refractivity contribution is -0.0457. The van der Waals surface area contributed by atoms with Gasteiger partial charge in [0.05, 0.1) is 0 Å². The molecule has 0 aliphatic heterocycles. The van der Waals surface area contributed by atoms with Gasteiger partial charge in [0.25, 0.3) is 6.43 Å². The van der Waals surface area contributed by atoms with E-state index in [-0.39, 0.29) is 49.5 Å². The van der Waals surface area contributed by atoms with E-state index in [4.69, 9.17) is 10.5 Å². The number of halogens is 4. The van der Waals surface area contributed by atoms with E-state index in [0.29, 0.717) is 5.56 Å². The van der Waals surface area contributed by atoms with Crippen LogP contribution in [0.1, 0.15) is 41.6 Å². The van der Waals surface area contributed by atoms with Crippen molar-refractivity contribution in [1.82, 2.24) is 4.98 Å². The van der Waals surface area contributed by atoms with Crippen LogP contribution in [-0.2, 0) is 6.42 Å². The summed E-state index contributed by atoms with van der Waals surface area (Å²) >= 11 is 0. The summed E-state index contributed by atoms with van der Waals surface area (Å²) in [5.74, 6) is -3.57. The van der Waals surface area contributed by atoms with Crippen LogP contribution < -0.4 is 10.5 Å². The summed E-state index contributed by atoms with van der Waals surface area (Å²) in [4.78, 5) is 15.4. The summed E-state index contributed by atoms with van der Waals surface area (Å²) in [6.45, 7) is -0.856. The molecule has 1 amide bonds. The summed E-state index contributed by atoms with van der Waals surface area (Å²) in [6.07, 6.45) is -1.06. The molecule has 1 heterocycles. The van der Waals surface area contributed by atoms with Gasteiger partial charge in [-0.15, -0.1) is 0 Å². The Hall–Kier alpha value is -1.86. The first-order valence-electron chi connectivity index (χ1n) is 7.35. The molecule has 0 aromatic carbocycles. The Balaban J connectivity index is 2.18. The molecule has 1 aliphatic rings. The number of amides is 1. The number of hydrogen-bond acceptors (Lipinski definition) is 3. The minimum atomic E-state index is -2.68. The number of nitrogens with two attached hydrogens (primary N) is 1. The van der Waals surface area contributed by atoms with Gasteiger partial charge in [0, 0.05) is 30.2 Å². The third-order valence-electron chi connectivity index (χ3n) is 3.96.